The van der Waals surface area contributed by atoms with Gasteiger partial charge < -0.3 is 15.5 Å². The van der Waals surface area contributed by atoms with Crippen LogP contribution in [0.25, 0.3) is 0 Å². The monoisotopic (exact) mass is 370 g/mol. The molecule has 1 atom stereocenters. The molecule has 2 aromatic rings. The van der Waals surface area contributed by atoms with Crippen LogP contribution in [-0.4, -0.2) is 23.4 Å². The van der Waals surface area contributed by atoms with Crippen molar-refractivity contribution in [1.29, 1.82) is 5.26 Å². The number of urea groups is 1. The zero-order chi connectivity index (χ0) is 19.6. The Morgan fingerprint density at radius 2 is 2.11 bits per heavy atom. The maximum atomic E-state index is 13.8. The Balaban J connectivity index is 1.66. The number of amides is 3. The molecule has 3 amide bonds. The first-order chi connectivity index (χ1) is 12.9. The van der Waals surface area contributed by atoms with Crippen molar-refractivity contribution >= 4 is 17.6 Å². The number of carbonyl (C=O) groups excluding carboxylic acids is 2. The van der Waals surface area contributed by atoms with E-state index in [0.717, 1.165) is 17.7 Å². The fraction of sp³-hybridized carbons (Fsp3) is 0.211. The summed E-state index contributed by atoms with van der Waals surface area (Å²) in [5, 5.41) is 14.2. The van der Waals surface area contributed by atoms with Crippen molar-refractivity contribution in [3.8, 4) is 6.07 Å². The number of fused-ring (bicyclic) bond motifs is 1. The highest BCUT2D eigenvalue weighted by Gasteiger charge is 2.25. The minimum Gasteiger partial charge on any atom is -0.348 e. The summed E-state index contributed by atoms with van der Waals surface area (Å²) in [5.74, 6) is -1.94. The lowest BCUT2D eigenvalue weighted by Gasteiger charge is -2.29. The Bertz CT molecular complexity index is 955. The molecule has 0 aliphatic carbocycles. The third-order valence-corrected chi connectivity index (χ3v) is 4.27. The van der Waals surface area contributed by atoms with Crippen molar-refractivity contribution in [2.75, 3.05) is 11.9 Å². The average Bonchev–Trinajstić information content (AvgIpc) is 2.61. The number of nitrogens with zero attached hydrogens (tertiary/aromatic N) is 2. The van der Waals surface area contributed by atoms with E-state index in [4.69, 9.17) is 5.26 Å². The van der Waals surface area contributed by atoms with Gasteiger partial charge in [0.1, 0.15) is 18.2 Å². The summed E-state index contributed by atoms with van der Waals surface area (Å²) in [4.78, 5) is 25.7. The minimum absolute atomic E-state index is 0.150. The maximum absolute atomic E-state index is 13.8. The van der Waals surface area contributed by atoms with Gasteiger partial charge in [0.2, 0.25) is 5.91 Å². The van der Waals surface area contributed by atoms with Crippen LogP contribution in [0, 0.1) is 23.0 Å². The molecule has 1 aliphatic heterocycles. The number of nitrogens with one attached hydrogen (secondary N) is 2. The summed E-state index contributed by atoms with van der Waals surface area (Å²) < 4.78 is 26.8. The molecule has 1 aliphatic rings. The highest BCUT2D eigenvalue weighted by molar-refractivity contribution is 5.95. The zero-order valence-electron chi connectivity index (χ0n) is 14.4. The van der Waals surface area contributed by atoms with Gasteiger partial charge in [0.25, 0.3) is 0 Å². The van der Waals surface area contributed by atoms with Gasteiger partial charge in [-0.15, -0.1) is 0 Å². The number of hydrogen-bond donors (Lipinski definition) is 2. The summed E-state index contributed by atoms with van der Waals surface area (Å²) >= 11 is 0. The van der Waals surface area contributed by atoms with Gasteiger partial charge in [-0.1, -0.05) is 6.07 Å². The van der Waals surface area contributed by atoms with Crippen LogP contribution in [-0.2, 0) is 11.3 Å². The Morgan fingerprint density at radius 1 is 1.33 bits per heavy atom. The molecule has 8 heteroatoms. The molecular formula is C19H16F2N4O2. The highest BCUT2D eigenvalue weighted by atomic mass is 19.1. The van der Waals surface area contributed by atoms with Crippen molar-refractivity contribution in [3.05, 3.63) is 64.7 Å². The van der Waals surface area contributed by atoms with Gasteiger partial charge in [-0.3, -0.25) is 4.79 Å². The van der Waals surface area contributed by atoms with Crippen molar-refractivity contribution in [3.63, 3.8) is 0 Å². The standard InChI is InChI=1S/C19H16F2N4O2/c1-11(15-4-3-14(20)7-16(15)21)23-18(26)10-25-9-13-6-12(8-22)2-5-17(13)24-19(25)27/h2-7,11H,9-10H2,1H3,(H,23,26)(H,24,27). The van der Waals surface area contributed by atoms with Gasteiger partial charge in [-0.25, -0.2) is 13.6 Å². The SMILES string of the molecule is CC(NC(=O)CN1Cc2cc(C#N)ccc2NC1=O)c1ccc(F)cc1F. The van der Waals surface area contributed by atoms with E-state index in [1.54, 1.807) is 25.1 Å². The third kappa shape index (κ3) is 4.03. The molecule has 138 valence electrons. The second kappa shape index (κ2) is 7.41. The van der Waals surface area contributed by atoms with Crippen LogP contribution in [0.3, 0.4) is 0 Å². The first-order valence-corrected chi connectivity index (χ1v) is 8.20. The van der Waals surface area contributed by atoms with Gasteiger partial charge in [-0.05, 0) is 36.8 Å². The number of benzene rings is 2. The third-order valence-electron chi connectivity index (χ3n) is 4.27. The molecule has 2 N–H and O–H groups in total. The Labute approximate surface area is 154 Å². The molecule has 0 saturated carbocycles. The topological polar surface area (TPSA) is 85.2 Å². The predicted molar refractivity (Wildman–Crippen MR) is 93.5 cm³/mol. The van der Waals surface area contributed by atoms with Gasteiger partial charge >= 0.3 is 6.03 Å². The molecule has 3 rings (SSSR count). The molecule has 2 aromatic carbocycles. The molecule has 0 spiro atoms. The van der Waals surface area contributed by atoms with E-state index in [1.165, 1.54) is 11.0 Å². The highest BCUT2D eigenvalue weighted by Crippen LogP contribution is 2.24. The van der Waals surface area contributed by atoms with E-state index in [1.807, 2.05) is 6.07 Å². The van der Waals surface area contributed by atoms with Crippen LogP contribution in [0.4, 0.5) is 19.3 Å². The van der Waals surface area contributed by atoms with Crippen LogP contribution < -0.4 is 10.6 Å². The van der Waals surface area contributed by atoms with E-state index in [-0.39, 0.29) is 18.7 Å². The van der Waals surface area contributed by atoms with Gasteiger partial charge in [0.15, 0.2) is 0 Å². The van der Waals surface area contributed by atoms with Crippen LogP contribution in [0.2, 0.25) is 0 Å². The van der Waals surface area contributed by atoms with Crippen LogP contribution in [0.1, 0.15) is 29.7 Å². The van der Waals surface area contributed by atoms with Crippen molar-refractivity contribution in [2.24, 2.45) is 0 Å². The first-order valence-electron chi connectivity index (χ1n) is 8.20. The van der Waals surface area contributed by atoms with E-state index >= 15 is 0 Å². The molecule has 27 heavy (non-hydrogen) atoms. The molecule has 0 radical (unpaired) electrons. The van der Waals surface area contributed by atoms with Crippen LogP contribution >= 0.6 is 0 Å². The van der Waals surface area contributed by atoms with Crippen molar-refractivity contribution < 1.29 is 18.4 Å². The number of nitriles is 1. The van der Waals surface area contributed by atoms with Gasteiger partial charge in [-0.2, -0.15) is 5.26 Å². The van der Waals surface area contributed by atoms with Gasteiger partial charge in [0.05, 0.1) is 24.2 Å². The molecular weight excluding hydrogens is 354 g/mol. The lowest BCUT2D eigenvalue weighted by atomic mass is 10.1. The lowest BCUT2D eigenvalue weighted by Crippen LogP contribution is -2.45. The molecule has 6 nitrogen and oxygen atoms in total. The second-order valence-corrected chi connectivity index (χ2v) is 6.22. The summed E-state index contributed by atoms with van der Waals surface area (Å²) in [6.45, 7) is 1.50. The van der Waals surface area contributed by atoms with Crippen molar-refractivity contribution in [2.45, 2.75) is 19.5 Å². The normalized spacial score (nSPS) is 14.0. The number of halogens is 2. The van der Waals surface area contributed by atoms with Gasteiger partial charge in [0, 0.05) is 17.3 Å². The number of hydrogen-bond acceptors (Lipinski definition) is 3. The Kier molecular flexibility index (Phi) is 5.03. The number of anilines is 1. The Hall–Kier alpha value is -3.47. The summed E-state index contributed by atoms with van der Waals surface area (Å²) in [7, 11) is 0. The zero-order valence-corrected chi connectivity index (χ0v) is 14.4. The quantitative estimate of drug-likeness (QED) is 0.867. The molecule has 0 bridgehead atoms. The van der Waals surface area contributed by atoms with Crippen molar-refractivity contribution in [1.82, 2.24) is 10.2 Å². The summed E-state index contributed by atoms with van der Waals surface area (Å²) in [6, 6.07) is 8.91. The fourth-order valence-electron chi connectivity index (χ4n) is 2.91. The summed E-state index contributed by atoms with van der Waals surface area (Å²) in [5.41, 5.74) is 1.92. The Morgan fingerprint density at radius 3 is 2.81 bits per heavy atom. The molecule has 0 fully saturated rings. The average molecular weight is 370 g/mol. The van der Waals surface area contributed by atoms with E-state index in [0.29, 0.717) is 11.3 Å². The molecule has 0 aromatic heterocycles. The van der Waals surface area contributed by atoms with E-state index in [9.17, 15) is 18.4 Å². The minimum atomic E-state index is -0.753. The first kappa shape index (κ1) is 18.3. The van der Waals surface area contributed by atoms with Crippen LogP contribution in [0.5, 0.6) is 0 Å². The van der Waals surface area contributed by atoms with Crippen LogP contribution in [0.15, 0.2) is 36.4 Å². The fourth-order valence-corrected chi connectivity index (χ4v) is 2.91. The maximum Gasteiger partial charge on any atom is 0.322 e. The van der Waals surface area contributed by atoms with E-state index < -0.39 is 29.6 Å². The number of carbonyl (C=O) groups is 2. The smallest absolute Gasteiger partial charge is 0.322 e. The van der Waals surface area contributed by atoms with E-state index in [2.05, 4.69) is 10.6 Å². The molecule has 1 heterocycles. The largest absolute Gasteiger partial charge is 0.348 e. The predicted octanol–water partition coefficient (Wildman–Crippen LogP) is 3.06. The second-order valence-electron chi connectivity index (χ2n) is 6.22. The molecule has 1 unspecified atom stereocenters. The molecule has 0 saturated heterocycles. The number of rotatable bonds is 4. The lowest BCUT2D eigenvalue weighted by molar-refractivity contribution is -0.122. The summed E-state index contributed by atoms with van der Waals surface area (Å²) in [6.07, 6.45) is 0.